The van der Waals surface area contributed by atoms with Crippen LogP contribution in [0.3, 0.4) is 0 Å². The Morgan fingerprint density at radius 2 is 1.53 bits per heavy atom. The van der Waals surface area contributed by atoms with Gasteiger partial charge in [0.15, 0.2) is 6.10 Å². The summed E-state index contributed by atoms with van der Waals surface area (Å²) in [6, 6.07) is 13.5. The lowest BCUT2D eigenvalue weighted by Gasteiger charge is -2.19. The van der Waals surface area contributed by atoms with Gasteiger partial charge in [0.1, 0.15) is 0 Å². The van der Waals surface area contributed by atoms with Crippen molar-refractivity contribution in [2.24, 2.45) is 0 Å². The lowest BCUT2D eigenvalue weighted by molar-refractivity contribution is -0.140. The summed E-state index contributed by atoms with van der Waals surface area (Å²) in [5, 5.41) is 0. The molecule has 0 saturated carbocycles. The largest absolute Gasteiger partial charge is 0.451 e. The molecule has 0 N–H and O–H groups in total. The fourth-order valence-corrected chi connectivity index (χ4v) is 5.08. The Morgan fingerprint density at radius 1 is 0.938 bits per heavy atom. The van der Waals surface area contributed by atoms with Crippen molar-refractivity contribution in [2.45, 2.75) is 50.5 Å². The zero-order valence-electron chi connectivity index (χ0n) is 18.5. The zero-order valence-corrected chi connectivity index (χ0v) is 19.3. The number of hydrogen-bond donors (Lipinski definition) is 0. The van der Waals surface area contributed by atoms with E-state index in [9.17, 15) is 18.0 Å². The second-order valence-electron chi connectivity index (χ2n) is 8.03. The molecule has 1 unspecified atom stereocenters. The van der Waals surface area contributed by atoms with Gasteiger partial charge in [0, 0.05) is 24.7 Å². The average molecular weight is 456 g/mol. The van der Waals surface area contributed by atoms with Gasteiger partial charge in [0.2, 0.25) is 15.8 Å². The molecule has 0 radical (unpaired) electrons. The molecule has 32 heavy (non-hydrogen) atoms. The first-order chi connectivity index (χ1) is 15.3. The van der Waals surface area contributed by atoms with Crippen LogP contribution >= 0.6 is 0 Å². The number of nitrogens with zero attached hydrogens (tertiary/aromatic N) is 1. The molecule has 170 valence electrons. The first kappa shape index (κ1) is 23.9. The van der Waals surface area contributed by atoms with Gasteiger partial charge in [0.05, 0.1) is 4.90 Å². The second-order valence-corrected chi connectivity index (χ2v) is 9.97. The number of esters is 1. The summed E-state index contributed by atoms with van der Waals surface area (Å²) in [6.45, 7) is 4.57. The molecule has 7 heteroatoms. The highest BCUT2D eigenvalue weighted by Crippen LogP contribution is 2.21. The number of hydrogen-bond acceptors (Lipinski definition) is 5. The molecular formula is C25H29NO5S. The second kappa shape index (κ2) is 10.7. The van der Waals surface area contributed by atoms with E-state index in [1.54, 1.807) is 40.7 Å². The third-order valence-corrected chi connectivity index (χ3v) is 7.41. The highest BCUT2D eigenvalue weighted by molar-refractivity contribution is 7.89. The standard InChI is InChI=1S/C25H29NO5S/c1-19-7-12-22(13-8-19)25(28)20(2)31-24(27)16-11-21-9-14-23(15-10-21)32(29,30)26-17-5-3-4-6-18-26/h7-16,20H,3-6,17-18H2,1-2H3. The van der Waals surface area contributed by atoms with Gasteiger partial charge in [-0.1, -0.05) is 54.8 Å². The van der Waals surface area contributed by atoms with Crippen molar-refractivity contribution in [2.75, 3.05) is 13.1 Å². The van der Waals surface area contributed by atoms with Gasteiger partial charge in [-0.25, -0.2) is 13.2 Å². The van der Waals surface area contributed by atoms with Crippen LogP contribution in [0.1, 0.15) is 54.1 Å². The summed E-state index contributed by atoms with van der Waals surface area (Å²) in [7, 11) is -3.51. The van der Waals surface area contributed by atoms with Gasteiger partial charge in [0.25, 0.3) is 0 Å². The third kappa shape index (κ3) is 6.14. The molecule has 0 aromatic heterocycles. The Labute approximate surface area is 189 Å². The van der Waals surface area contributed by atoms with Gasteiger partial charge in [-0.15, -0.1) is 0 Å². The molecule has 0 aliphatic carbocycles. The predicted molar refractivity (Wildman–Crippen MR) is 124 cm³/mol. The van der Waals surface area contributed by atoms with Crippen LogP contribution < -0.4 is 0 Å². The molecule has 1 saturated heterocycles. The number of ether oxygens (including phenoxy) is 1. The number of benzene rings is 2. The van der Waals surface area contributed by atoms with Gasteiger partial charge in [-0.05, 0) is 50.5 Å². The minimum Gasteiger partial charge on any atom is -0.451 e. The maximum atomic E-state index is 12.8. The van der Waals surface area contributed by atoms with E-state index in [1.165, 1.54) is 19.1 Å². The SMILES string of the molecule is Cc1ccc(C(=O)C(C)OC(=O)C=Cc2ccc(S(=O)(=O)N3CCCCCC3)cc2)cc1. The fraction of sp³-hybridized carbons (Fsp3) is 0.360. The highest BCUT2D eigenvalue weighted by atomic mass is 32.2. The van der Waals surface area contributed by atoms with Gasteiger partial charge >= 0.3 is 5.97 Å². The summed E-state index contributed by atoms with van der Waals surface area (Å²) in [5.74, 6) is -0.908. The number of rotatable bonds is 7. The molecule has 1 atom stereocenters. The smallest absolute Gasteiger partial charge is 0.331 e. The van der Waals surface area contributed by atoms with Crippen LogP contribution in [0.25, 0.3) is 6.08 Å². The van der Waals surface area contributed by atoms with E-state index < -0.39 is 22.1 Å². The molecule has 1 fully saturated rings. The number of carbonyl (C=O) groups excluding carboxylic acids is 2. The van der Waals surface area contributed by atoms with Crippen LogP contribution in [0.15, 0.2) is 59.5 Å². The van der Waals surface area contributed by atoms with Crippen molar-refractivity contribution in [3.05, 3.63) is 71.3 Å². The quantitative estimate of drug-likeness (QED) is 0.351. The highest BCUT2D eigenvalue weighted by Gasteiger charge is 2.24. The Morgan fingerprint density at radius 3 is 2.12 bits per heavy atom. The van der Waals surface area contributed by atoms with Crippen molar-refractivity contribution in [3.63, 3.8) is 0 Å². The van der Waals surface area contributed by atoms with Crippen LogP contribution in [0.4, 0.5) is 0 Å². The molecule has 1 aliphatic heterocycles. The Balaban J connectivity index is 1.59. The molecule has 2 aromatic carbocycles. The van der Waals surface area contributed by atoms with Crippen molar-refractivity contribution in [3.8, 4) is 0 Å². The first-order valence-electron chi connectivity index (χ1n) is 10.9. The van der Waals surface area contributed by atoms with E-state index >= 15 is 0 Å². The fourth-order valence-electron chi connectivity index (χ4n) is 3.57. The van der Waals surface area contributed by atoms with Crippen molar-refractivity contribution < 1.29 is 22.7 Å². The molecule has 6 nitrogen and oxygen atoms in total. The van der Waals surface area contributed by atoms with E-state index in [4.69, 9.17) is 4.74 Å². The van der Waals surface area contributed by atoms with E-state index in [0.29, 0.717) is 24.2 Å². The van der Waals surface area contributed by atoms with Crippen LogP contribution in [0.5, 0.6) is 0 Å². The van der Waals surface area contributed by atoms with E-state index in [0.717, 1.165) is 31.2 Å². The maximum Gasteiger partial charge on any atom is 0.331 e. The predicted octanol–water partition coefficient (Wildman–Crippen LogP) is 4.39. The number of carbonyl (C=O) groups is 2. The van der Waals surface area contributed by atoms with Crippen molar-refractivity contribution in [1.82, 2.24) is 4.31 Å². The average Bonchev–Trinajstić information content (AvgIpc) is 3.08. The van der Waals surface area contributed by atoms with Crippen LogP contribution in [-0.4, -0.2) is 43.7 Å². The number of sulfonamides is 1. The number of ketones is 1. The van der Waals surface area contributed by atoms with Gasteiger partial charge in [-0.3, -0.25) is 4.79 Å². The maximum absolute atomic E-state index is 12.8. The molecule has 0 bridgehead atoms. The van der Waals surface area contributed by atoms with E-state index in [2.05, 4.69) is 0 Å². The lowest BCUT2D eigenvalue weighted by atomic mass is 10.1. The van der Waals surface area contributed by atoms with Crippen molar-refractivity contribution >= 4 is 27.9 Å². The molecule has 3 rings (SSSR count). The minimum atomic E-state index is -3.51. The molecule has 0 spiro atoms. The van der Waals surface area contributed by atoms with Crippen LogP contribution in [0, 0.1) is 6.92 Å². The van der Waals surface area contributed by atoms with Crippen LogP contribution in [0.2, 0.25) is 0 Å². The molecule has 1 aliphatic rings. The monoisotopic (exact) mass is 455 g/mol. The van der Waals surface area contributed by atoms with Crippen LogP contribution in [-0.2, 0) is 19.6 Å². The number of Topliss-reactive ketones (excluding diaryl/α,β-unsaturated/α-hetero) is 1. The molecule has 0 amide bonds. The van der Waals surface area contributed by atoms with E-state index in [-0.39, 0.29) is 10.7 Å². The summed E-state index contributed by atoms with van der Waals surface area (Å²) < 4.78 is 32.4. The van der Waals surface area contributed by atoms with Gasteiger partial charge in [-0.2, -0.15) is 4.31 Å². The molecular weight excluding hydrogens is 426 g/mol. The van der Waals surface area contributed by atoms with Crippen molar-refractivity contribution in [1.29, 1.82) is 0 Å². The lowest BCUT2D eigenvalue weighted by Crippen LogP contribution is -2.31. The van der Waals surface area contributed by atoms with E-state index in [1.807, 2.05) is 19.1 Å². The first-order valence-corrected chi connectivity index (χ1v) is 12.3. The normalized spacial score (nSPS) is 16.4. The summed E-state index contributed by atoms with van der Waals surface area (Å²) in [6.07, 6.45) is 5.74. The summed E-state index contributed by atoms with van der Waals surface area (Å²) in [4.78, 5) is 24.8. The Kier molecular flexibility index (Phi) is 7.99. The number of aryl methyl sites for hydroxylation is 1. The third-order valence-electron chi connectivity index (χ3n) is 5.49. The summed E-state index contributed by atoms with van der Waals surface area (Å²) in [5.41, 5.74) is 2.19. The Hall–Kier alpha value is -2.77. The van der Waals surface area contributed by atoms with Gasteiger partial charge < -0.3 is 4.74 Å². The minimum absolute atomic E-state index is 0.247. The molecule has 2 aromatic rings. The Bertz CT molecular complexity index is 1060. The summed E-state index contributed by atoms with van der Waals surface area (Å²) >= 11 is 0. The topological polar surface area (TPSA) is 80.8 Å². The molecule has 1 heterocycles. The zero-order chi connectivity index (χ0) is 23.1.